The number of methoxy groups -OCH3 is 1. The van der Waals surface area contributed by atoms with Gasteiger partial charge in [0.2, 0.25) is 0 Å². The van der Waals surface area contributed by atoms with E-state index in [1.807, 2.05) is 12.1 Å². The summed E-state index contributed by atoms with van der Waals surface area (Å²) in [5.41, 5.74) is 1.09. The molecule has 0 fully saturated rings. The van der Waals surface area contributed by atoms with E-state index in [1.54, 1.807) is 12.1 Å². The van der Waals surface area contributed by atoms with Gasteiger partial charge < -0.3 is 9.30 Å². The lowest BCUT2D eigenvalue weighted by Gasteiger charge is -2.07. The highest BCUT2D eigenvalue weighted by Crippen LogP contribution is 2.10. The maximum absolute atomic E-state index is 11.7. The number of pyridine rings is 1. The Bertz CT molecular complexity index is 646. The number of nitrogens with zero attached hydrogens (tertiary/aromatic N) is 1. The standard InChI is InChI=1S/C14H12ClNO3/c1-19-14(18)11-4-7-13(17)16(9-11)8-10-2-5-12(15)6-3-10/h2-7,9H,8H2,1H3. The first-order valence-corrected chi connectivity index (χ1v) is 6.01. The molecule has 0 N–H and O–H groups in total. The normalized spacial score (nSPS) is 10.2. The van der Waals surface area contributed by atoms with Crippen molar-refractivity contribution >= 4 is 17.6 Å². The van der Waals surface area contributed by atoms with Gasteiger partial charge in [0.25, 0.3) is 5.56 Å². The number of benzene rings is 1. The Morgan fingerprint density at radius 3 is 2.53 bits per heavy atom. The lowest BCUT2D eigenvalue weighted by molar-refractivity contribution is 0.0599. The molecule has 0 bridgehead atoms. The average molecular weight is 278 g/mol. The molecule has 0 radical (unpaired) electrons. The van der Waals surface area contributed by atoms with Gasteiger partial charge in [-0.25, -0.2) is 4.79 Å². The highest BCUT2D eigenvalue weighted by atomic mass is 35.5. The van der Waals surface area contributed by atoms with Crippen molar-refractivity contribution in [3.63, 3.8) is 0 Å². The van der Waals surface area contributed by atoms with Crippen LogP contribution in [0.1, 0.15) is 15.9 Å². The van der Waals surface area contributed by atoms with E-state index in [-0.39, 0.29) is 5.56 Å². The van der Waals surface area contributed by atoms with Gasteiger partial charge in [-0.1, -0.05) is 23.7 Å². The van der Waals surface area contributed by atoms with Crippen LogP contribution in [0.2, 0.25) is 5.02 Å². The van der Waals surface area contributed by atoms with E-state index >= 15 is 0 Å². The molecule has 2 aromatic rings. The van der Waals surface area contributed by atoms with E-state index in [4.69, 9.17) is 11.6 Å². The van der Waals surface area contributed by atoms with Crippen molar-refractivity contribution < 1.29 is 9.53 Å². The first-order chi connectivity index (χ1) is 9.10. The largest absolute Gasteiger partial charge is 0.465 e. The maximum Gasteiger partial charge on any atom is 0.339 e. The first-order valence-electron chi connectivity index (χ1n) is 5.63. The first kappa shape index (κ1) is 13.4. The van der Waals surface area contributed by atoms with E-state index in [2.05, 4.69) is 4.74 Å². The molecule has 19 heavy (non-hydrogen) atoms. The second-order valence-electron chi connectivity index (χ2n) is 4.00. The minimum Gasteiger partial charge on any atom is -0.465 e. The highest BCUT2D eigenvalue weighted by Gasteiger charge is 2.07. The van der Waals surface area contributed by atoms with Crippen LogP contribution in [0.3, 0.4) is 0 Å². The maximum atomic E-state index is 11.7. The summed E-state index contributed by atoms with van der Waals surface area (Å²) in [6.45, 7) is 0.376. The molecule has 4 nitrogen and oxygen atoms in total. The van der Waals surface area contributed by atoms with E-state index < -0.39 is 5.97 Å². The zero-order valence-corrected chi connectivity index (χ0v) is 11.1. The molecule has 0 amide bonds. The monoisotopic (exact) mass is 277 g/mol. The van der Waals surface area contributed by atoms with Crippen molar-refractivity contribution in [2.75, 3.05) is 7.11 Å². The van der Waals surface area contributed by atoms with Crippen LogP contribution in [0.5, 0.6) is 0 Å². The van der Waals surface area contributed by atoms with Crippen LogP contribution in [-0.2, 0) is 11.3 Å². The van der Waals surface area contributed by atoms with Gasteiger partial charge >= 0.3 is 5.97 Å². The Labute approximate surface area is 115 Å². The fourth-order valence-corrected chi connectivity index (χ4v) is 1.81. The zero-order valence-electron chi connectivity index (χ0n) is 10.3. The Balaban J connectivity index is 2.31. The number of esters is 1. The van der Waals surface area contributed by atoms with Crippen molar-refractivity contribution in [2.24, 2.45) is 0 Å². The summed E-state index contributed by atoms with van der Waals surface area (Å²) >= 11 is 5.80. The Hall–Kier alpha value is -2.07. The summed E-state index contributed by atoms with van der Waals surface area (Å²) < 4.78 is 6.08. The Morgan fingerprint density at radius 2 is 1.89 bits per heavy atom. The third-order valence-corrected chi connectivity index (χ3v) is 2.92. The van der Waals surface area contributed by atoms with E-state index in [1.165, 1.54) is 30.0 Å². The molecular weight excluding hydrogens is 266 g/mol. The Kier molecular flexibility index (Phi) is 4.02. The fourth-order valence-electron chi connectivity index (χ4n) is 1.68. The molecule has 1 heterocycles. The fraction of sp³-hybridized carbons (Fsp3) is 0.143. The molecule has 98 valence electrons. The number of hydrogen-bond donors (Lipinski definition) is 0. The summed E-state index contributed by atoms with van der Waals surface area (Å²) in [4.78, 5) is 23.2. The molecule has 2 rings (SSSR count). The molecule has 5 heteroatoms. The van der Waals surface area contributed by atoms with Gasteiger partial charge in [-0.05, 0) is 23.8 Å². The minimum atomic E-state index is -0.468. The molecule has 0 aliphatic heterocycles. The van der Waals surface area contributed by atoms with Gasteiger partial charge in [-0.3, -0.25) is 4.79 Å². The van der Waals surface area contributed by atoms with E-state index in [0.29, 0.717) is 17.1 Å². The van der Waals surface area contributed by atoms with Crippen LogP contribution in [0.25, 0.3) is 0 Å². The molecule has 0 saturated carbocycles. The van der Waals surface area contributed by atoms with Gasteiger partial charge in [-0.2, -0.15) is 0 Å². The predicted molar refractivity (Wildman–Crippen MR) is 72.6 cm³/mol. The van der Waals surface area contributed by atoms with Crippen LogP contribution >= 0.6 is 11.6 Å². The summed E-state index contributed by atoms with van der Waals surface area (Å²) in [6, 6.07) is 9.98. The number of carbonyl (C=O) groups is 1. The van der Waals surface area contributed by atoms with E-state index in [0.717, 1.165) is 5.56 Å². The predicted octanol–water partition coefficient (Wildman–Crippen LogP) is 2.34. The van der Waals surface area contributed by atoms with Crippen LogP contribution in [0.4, 0.5) is 0 Å². The van der Waals surface area contributed by atoms with Gasteiger partial charge in [0.1, 0.15) is 0 Å². The summed E-state index contributed by atoms with van der Waals surface area (Å²) in [5.74, 6) is -0.468. The van der Waals surface area contributed by atoms with Gasteiger partial charge in [-0.15, -0.1) is 0 Å². The summed E-state index contributed by atoms with van der Waals surface area (Å²) in [7, 11) is 1.30. The molecule has 0 spiro atoms. The van der Waals surface area contributed by atoms with Crippen molar-refractivity contribution in [3.05, 3.63) is 69.1 Å². The van der Waals surface area contributed by atoms with Gasteiger partial charge in [0.05, 0.1) is 19.2 Å². The third kappa shape index (κ3) is 3.23. The summed E-state index contributed by atoms with van der Waals surface area (Å²) in [6.07, 6.45) is 1.49. The van der Waals surface area contributed by atoms with Crippen molar-refractivity contribution in [1.29, 1.82) is 0 Å². The summed E-state index contributed by atoms with van der Waals surface area (Å²) in [5, 5.41) is 0.638. The minimum absolute atomic E-state index is 0.178. The van der Waals surface area contributed by atoms with E-state index in [9.17, 15) is 9.59 Å². The lowest BCUT2D eigenvalue weighted by atomic mass is 10.2. The number of rotatable bonds is 3. The topological polar surface area (TPSA) is 48.3 Å². The smallest absolute Gasteiger partial charge is 0.339 e. The van der Waals surface area contributed by atoms with Crippen LogP contribution in [-0.4, -0.2) is 17.6 Å². The highest BCUT2D eigenvalue weighted by molar-refractivity contribution is 6.30. The van der Waals surface area contributed by atoms with Crippen molar-refractivity contribution in [3.8, 4) is 0 Å². The number of carbonyl (C=O) groups excluding carboxylic acids is 1. The number of aromatic nitrogens is 1. The van der Waals surface area contributed by atoms with Gasteiger partial charge in [0.15, 0.2) is 0 Å². The second kappa shape index (κ2) is 5.71. The molecule has 0 saturated heterocycles. The molecule has 0 aliphatic rings. The van der Waals surface area contributed by atoms with Crippen molar-refractivity contribution in [2.45, 2.75) is 6.54 Å². The third-order valence-electron chi connectivity index (χ3n) is 2.67. The van der Waals surface area contributed by atoms with Crippen LogP contribution in [0, 0.1) is 0 Å². The quantitative estimate of drug-likeness (QED) is 0.809. The molecule has 1 aromatic heterocycles. The molecule has 0 unspecified atom stereocenters. The van der Waals surface area contributed by atoms with Crippen LogP contribution < -0.4 is 5.56 Å². The Morgan fingerprint density at radius 1 is 1.21 bits per heavy atom. The number of hydrogen-bond acceptors (Lipinski definition) is 3. The lowest BCUT2D eigenvalue weighted by Crippen LogP contribution is -2.21. The molecule has 1 aromatic carbocycles. The number of halogens is 1. The molecule has 0 aliphatic carbocycles. The SMILES string of the molecule is COC(=O)c1ccc(=O)n(Cc2ccc(Cl)cc2)c1. The zero-order chi connectivity index (χ0) is 13.8. The van der Waals surface area contributed by atoms with Gasteiger partial charge in [0, 0.05) is 17.3 Å². The van der Waals surface area contributed by atoms with Crippen LogP contribution in [0.15, 0.2) is 47.4 Å². The molecular formula is C14H12ClNO3. The number of ether oxygens (including phenoxy) is 1. The average Bonchev–Trinajstić information content (AvgIpc) is 2.43. The second-order valence-corrected chi connectivity index (χ2v) is 4.44. The molecule has 0 atom stereocenters. The van der Waals surface area contributed by atoms with Crippen molar-refractivity contribution in [1.82, 2.24) is 4.57 Å².